The molecule has 186 valence electrons. The molecule has 7 heteroatoms. The molecule has 0 aliphatic carbocycles. The smallest absolute Gasteiger partial charge is 0.306 e. The van der Waals surface area contributed by atoms with Crippen LogP contribution in [0.15, 0.2) is 18.2 Å². The standard InChI is InChI=1S/C26H43N3O4/c1-15(2)21(13-23(27)25(30)14-22(16(3)4)26(31)32)20(8-7-11-33-6)18-9-10-19-17(5)28-29-24(19)12-18/h9-10,12,15-16,20-23,25,30H,7-8,11,13-14,27H2,1-6H3,(H,28,29)(H,31,32)/t20?,21-,22-,23-,25-/m0/s1. The van der Waals surface area contributed by atoms with Gasteiger partial charge in [0.25, 0.3) is 0 Å². The van der Waals surface area contributed by atoms with Gasteiger partial charge in [-0.15, -0.1) is 0 Å². The lowest BCUT2D eigenvalue weighted by molar-refractivity contribution is -0.144. The Morgan fingerprint density at radius 2 is 1.88 bits per heavy atom. The predicted molar refractivity (Wildman–Crippen MR) is 132 cm³/mol. The Labute approximate surface area is 198 Å². The maximum atomic E-state index is 11.6. The molecule has 1 aromatic carbocycles. The van der Waals surface area contributed by atoms with Crippen LogP contribution in [0.25, 0.3) is 10.9 Å². The van der Waals surface area contributed by atoms with Crippen molar-refractivity contribution < 1.29 is 19.7 Å². The van der Waals surface area contributed by atoms with Crippen LogP contribution in [0.3, 0.4) is 0 Å². The number of H-pyrrole nitrogens is 1. The van der Waals surface area contributed by atoms with E-state index in [0.717, 1.165) is 29.4 Å². The summed E-state index contributed by atoms with van der Waals surface area (Å²) >= 11 is 0. The normalized spacial score (nSPS) is 16.8. The molecule has 0 aliphatic heterocycles. The van der Waals surface area contributed by atoms with E-state index in [2.05, 4.69) is 42.2 Å². The van der Waals surface area contributed by atoms with Crippen LogP contribution in [-0.2, 0) is 9.53 Å². The first-order chi connectivity index (χ1) is 15.6. The van der Waals surface area contributed by atoms with Gasteiger partial charge in [-0.25, -0.2) is 0 Å². The zero-order valence-electron chi connectivity index (χ0n) is 21.0. The number of carboxylic acids is 1. The van der Waals surface area contributed by atoms with Crippen LogP contribution in [0.2, 0.25) is 0 Å². The third-order valence-corrected chi connectivity index (χ3v) is 7.10. The number of aliphatic carboxylic acids is 1. The van der Waals surface area contributed by atoms with E-state index in [1.807, 2.05) is 20.8 Å². The Kier molecular flexibility index (Phi) is 10.3. The molecule has 7 nitrogen and oxygen atoms in total. The molecule has 0 aliphatic rings. The number of nitrogens with zero attached hydrogens (tertiary/aromatic N) is 1. The Morgan fingerprint density at radius 1 is 1.18 bits per heavy atom. The van der Waals surface area contributed by atoms with Crippen LogP contribution in [-0.4, -0.2) is 52.2 Å². The van der Waals surface area contributed by atoms with Crippen molar-refractivity contribution in [2.75, 3.05) is 13.7 Å². The number of carbonyl (C=O) groups is 1. The molecule has 0 amide bonds. The number of ether oxygens (including phenoxy) is 1. The number of aromatic nitrogens is 2. The molecule has 5 atom stereocenters. The second-order valence-corrected chi connectivity index (χ2v) is 10.2. The van der Waals surface area contributed by atoms with E-state index in [1.54, 1.807) is 7.11 Å². The van der Waals surface area contributed by atoms with Crippen LogP contribution >= 0.6 is 0 Å². The summed E-state index contributed by atoms with van der Waals surface area (Å²) in [7, 11) is 1.72. The van der Waals surface area contributed by atoms with Crippen molar-refractivity contribution in [1.82, 2.24) is 10.2 Å². The number of rotatable bonds is 14. The van der Waals surface area contributed by atoms with Crippen molar-refractivity contribution >= 4 is 16.9 Å². The molecule has 0 bridgehead atoms. The molecule has 0 saturated carbocycles. The minimum atomic E-state index is -0.878. The van der Waals surface area contributed by atoms with E-state index < -0.39 is 24.0 Å². The minimum absolute atomic E-state index is 0.0587. The highest BCUT2D eigenvalue weighted by atomic mass is 16.5. The summed E-state index contributed by atoms with van der Waals surface area (Å²) in [5, 5.41) is 28.9. The SMILES string of the molecule is COCCCC(c1ccc2c(C)n[nH]c2c1)[C@@H](C[C@H](N)[C@@H](O)C[C@H](C(=O)O)C(C)C)C(C)C. The average Bonchev–Trinajstić information content (AvgIpc) is 3.12. The molecule has 0 radical (unpaired) electrons. The lowest BCUT2D eigenvalue weighted by atomic mass is 9.72. The molecule has 2 aromatic rings. The van der Waals surface area contributed by atoms with E-state index in [-0.39, 0.29) is 24.2 Å². The van der Waals surface area contributed by atoms with Gasteiger partial charge in [0.1, 0.15) is 0 Å². The highest BCUT2D eigenvalue weighted by molar-refractivity contribution is 5.81. The van der Waals surface area contributed by atoms with Gasteiger partial charge >= 0.3 is 5.97 Å². The molecule has 1 aromatic heterocycles. The number of benzene rings is 1. The summed E-state index contributed by atoms with van der Waals surface area (Å²) in [6, 6.07) is 6.00. The van der Waals surface area contributed by atoms with Crippen molar-refractivity contribution in [1.29, 1.82) is 0 Å². The van der Waals surface area contributed by atoms with E-state index in [9.17, 15) is 15.0 Å². The molecule has 1 heterocycles. The highest BCUT2D eigenvalue weighted by Gasteiger charge is 2.32. The van der Waals surface area contributed by atoms with Gasteiger partial charge in [-0.05, 0) is 67.9 Å². The molecule has 0 fully saturated rings. The number of aliphatic hydroxyl groups excluding tert-OH is 1. The van der Waals surface area contributed by atoms with Crippen molar-refractivity contribution in [3.8, 4) is 0 Å². The summed E-state index contributed by atoms with van der Waals surface area (Å²) in [5.74, 6) is -0.724. The number of hydrogen-bond donors (Lipinski definition) is 4. The first kappa shape index (κ1) is 27.3. The number of aliphatic hydroxyl groups is 1. The van der Waals surface area contributed by atoms with Gasteiger partial charge in [0.15, 0.2) is 0 Å². The number of nitrogens with two attached hydrogens (primary N) is 1. The van der Waals surface area contributed by atoms with Crippen molar-refractivity contribution in [3.63, 3.8) is 0 Å². The van der Waals surface area contributed by atoms with Crippen LogP contribution in [0.4, 0.5) is 0 Å². The van der Waals surface area contributed by atoms with Gasteiger partial charge in [0.05, 0.1) is 23.2 Å². The lowest BCUT2D eigenvalue weighted by Gasteiger charge is -2.34. The highest BCUT2D eigenvalue weighted by Crippen LogP contribution is 2.39. The lowest BCUT2D eigenvalue weighted by Crippen LogP contribution is -2.41. The van der Waals surface area contributed by atoms with Crippen molar-refractivity contribution in [2.24, 2.45) is 29.4 Å². The molecule has 1 unspecified atom stereocenters. The molecule has 33 heavy (non-hydrogen) atoms. The molecular formula is C26H43N3O4. The third-order valence-electron chi connectivity index (χ3n) is 7.10. The van der Waals surface area contributed by atoms with Gasteiger partial charge in [-0.2, -0.15) is 5.10 Å². The number of methoxy groups -OCH3 is 1. The van der Waals surface area contributed by atoms with Crippen molar-refractivity contribution in [3.05, 3.63) is 29.5 Å². The fraction of sp³-hybridized carbons (Fsp3) is 0.692. The van der Waals surface area contributed by atoms with Crippen LogP contribution < -0.4 is 5.73 Å². The van der Waals surface area contributed by atoms with Gasteiger partial charge in [-0.1, -0.05) is 39.8 Å². The first-order valence-electron chi connectivity index (χ1n) is 12.2. The second kappa shape index (κ2) is 12.5. The number of nitrogens with one attached hydrogen (secondary N) is 1. The molecular weight excluding hydrogens is 418 g/mol. The largest absolute Gasteiger partial charge is 0.481 e. The predicted octanol–water partition coefficient (Wildman–Crippen LogP) is 4.48. The van der Waals surface area contributed by atoms with E-state index in [0.29, 0.717) is 18.9 Å². The number of aromatic amines is 1. The Bertz CT molecular complexity index is 880. The maximum absolute atomic E-state index is 11.6. The quantitative estimate of drug-likeness (QED) is 0.308. The van der Waals surface area contributed by atoms with Gasteiger partial charge in [0.2, 0.25) is 0 Å². The Morgan fingerprint density at radius 3 is 2.45 bits per heavy atom. The molecule has 0 spiro atoms. The number of aryl methyl sites for hydroxylation is 1. The summed E-state index contributed by atoms with van der Waals surface area (Å²) in [4.78, 5) is 11.6. The second-order valence-electron chi connectivity index (χ2n) is 10.2. The van der Waals surface area contributed by atoms with E-state index >= 15 is 0 Å². The maximum Gasteiger partial charge on any atom is 0.306 e. The molecule has 2 rings (SSSR count). The monoisotopic (exact) mass is 461 g/mol. The van der Waals surface area contributed by atoms with Gasteiger partial charge in [-0.3, -0.25) is 9.89 Å². The third kappa shape index (κ3) is 7.26. The molecule has 5 N–H and O–H groups in total. The van der Waals surface area contributed by atoms with Gasteiger partial charge < -0.3 is 20.7 Å². The van der Waals surface area contributed by atoms with Crippen LogP contribution in [0.1, 0.15) is 70.6 Å². The number of carboxylic acid groups (broad SMARTS) is 1. The van der Waals surface area contributed by atoms with Gasteiger partial charge in [0, 0.05) is 25.1 Å². The fourth-order valence-corrected chi connectivity index (χ4v) is 4.95. The van der Waals surface area contributed by atoms with Crippen LogP contribution in [0, 0.1) is 30.6 Å². The van der Waals surface area contributed by atoms with Crippen molar-refractivity contribution in [2.45, 2.75) is 78.4 Å². The Hall–Kier alpha value is -1.96. The zero-order chi connectivity index (χ0) is 24.7. The van der Waals surface area contributed by atoms with E-state index in [4.69, 9.17) is 10.5 Å². The van der Waals surface area contributed by atoms with E-state index in [1.165, 1.54) is 5.56 Å². The topological polar surface area (TPSA) is 121 Å². The number of fused-ring (bicyclic) bond motifs is 1. The molecule has 0 saturated heterocycles. The minimum Gasteiger partial charge on any atom is -0.481 e. The average molecular weight is 462 g/mol. The Balaban J connectivity index is 2.27. The first-order valence-corrected chi connectivity index (χ1v) is 12.2. The summed E-state index contributed by atoms with van der Waals surface area (Å²) < 4.78 is 5.31. The van der Waals surface area contributed by atoms with Crippen LogP contribution in [0.5, 0.6) is 0 Å². The summed E-state index contributed by atoms with van der Waals surface area (Å²) in [6.45, 7) is 10.8. The fourth-order valence-electron chi connectivity index (χ4n) is 4.95. The number of hydrogen-bond acceptors (Lipinski definition) is 5. The summed E-state index contributed by atoms with van der Waals surface area (Å²) in [5.41, 5.74) is 9.72. The summed E-state index contributed by atoms with van der Waals surface area (Å²) in [6.07, 6.45) is 1.82. The zero-order valence-corrected chi connectivity index (χ0v) is 21.0.